The highest BCUT2D eigenvalue weighted by Crippen LogP contribution is 2.32. The average Bonchev–Trinajstić information content (AvgIpc) is 3.08. The quantitative estimate of drug-likeness (QED) is 0.651. The molecule has 2 atom stereocenters. The first-order valence-electron chi connectivity index (χ1n) is 9.19. The van der Waals surface area contributed by atoms with Gasteiger partial charge in [-0.25, -0.2) is 0 Å². The van der Waals surface area contributed by atoms with E-state index in [1.807, 2.05) is 27.7 Å². The molecule has 0 radical (unpaired) electrons. The van der Waals surface area contributed by atoms with Crippen molar-refractivity contribution in [2.24, 2.45) is 0 Å². The second-order valence-electron chi connectivity index (χ2n) is 7.32. The summed E-state index contributed by atoms with van der Waals surface area (Å²) in [6.45, 7) is 15.9. The summed E-state index contributed by atoms with van der Waals surface area (Å²) in [4.78, 5) is 2.26. The standard InChI is InChI=1S/C19H33NO5/c1-7-20(8-2)11-9-10-12-21-17(15-13-22-18(3,4)24-15)16-14-23-19(5,6)25-16/h15-17H,7-8,11-14H2,1-6H3. The summed E-state index contributed by atoms with van der Waals surface area (Å²) in [6.07, 6.45) is -0.657. The van der Waals surface area contributed by atoms with Crippen molar-refractivity contribution < 1.29 is 23.7 Å². The molecule has 2 fully saturated rings. The third-order valence-electron chi connectivity index (χ3n) is 4.46. The van der Waals surface area contributed by atoms with Gasteiger partial charge in [0.05, 0.1) is 19.8 Å². The van der Waals surface area contributed by atoms with Crippen LogP contribution in [0.1, 0.15) is 41.5 Å². The summed E-state index contributed by atoms with van der Waals surface area (Å²) in [7, 11) is 0. The molecule has 2 saturated heterocycles. The maximum atomic E-state index is 6.04. The minimum Gasteiger partial charge on any atom is -0.360 e. The summed E-state index contributed by atoms with van der Waals surface area (Å²) in [5.74, 6) is 5.06. The van der Waals surface area contributed by atoms with Crippen LogP contribution >= 0.6 is 0 Å². The molecule has 0 aromatic carbocycles. The normalized spacial score (nSPS) is 28.8. The second-order valence-corrected chi connectivity index (χ2v) is 7.32. The average molecular weight is 355 g/mol. The molecule has 0 amide bonds. The molecule has 0 bridgehead atoms. The van der Waals surface area contributed by atoms with Crippen LogP contribution in [0.25, 0.3) is 0 Å². The molecule has 2 aliphatic rings. The first-order valence-corrected chi connectivity index (χ1v) is 9.19. The predicted octanol–water partition coefficient (Wildman–Crippen LogP) is 2.02. The summed E-state index contributed by atoms with van der Waals surface area (Å²) < 4.78 is 29.4. The van der Waals surface area contributed by atoms with Gasteiger partial charge in [0.15, 0.2) is 11.6 Å². The molecular weight excluding hydrogens is 322 g/mol. The van der Waals surface area contributed by atoms with Gasteiger partial charge in [0, 0.05) is 0 Å². The molecule has 2 rings (SSSR count). The summed E-state index contributed by atoms with van der Waals surface area (Å²) in [6, 6.07) is 0. The predicted molar refractivity (Wildman–Crippen MR) is 95.1 cm³/mol. The SMILES string of the molecule is CCN(CC)CC#CCOC(C1COC(C)(C)O1)C1COC(C)(C)O1. The molecule has 0 N–H and O–H groups in total. The number of rotatable bonds is 7. The highest BCUT2D eigenvalue weighted by Gasteiger charge is 2.46. The van der Waals surface area contributed by atoms with Gasteiger partial charge in [-0.1, -0.05) is 25.7 Å². The maximum absolute atomic E-state index is 6.04. The molecule has 144 valence electrons. The first kappa shape index (κ1) is 20.6. The minimum absolute atomic E-state index is 0.193. The molecule has 0 saturated carbocycles. The fourth-order valence-corrected chi connectivity index (χ4v) is 3.01. The molecule has 0 aromatic rings. The van der Waals surface area contributed by atoms with E-state index < -0.39 is 11.6 Å². The van der Waals surface area contributed by atoms with Crippen LogP contribution < -0.4 is 0 Å². The lowest BCUT2D eigenvalue weighted by atomic mass is 10.1. The Balaban J connectivity index is 1.93. The third-order valence-corrected chi connectivity index (χ3v) is 4.46. The van der Waals surface area contributed by atoms with Crippen LogP contribution in [0.15, 0.2) is 0 Å². The van der Waals surface area contributed by atoms with Gasteiger partial charge < -0.3 is 23.7 Å². The smallest absolute Gasteiger partial charge is 0.163 e. The molecular formula is C19H33NO5. The minimum atomic E-state index is -0.602. The van der Waals surface area contributed by atoms with Gasteiger partial charge in [0.25, 0.3) is 0 Å². The number of hydrogen-bond acceptors (Lipinski definition) is 6. The van der Waals surface area contributed by atoms with Crippen LogP contribution in [-0.4, -0.2) is 74.2 Å². The lowest BCUT2D eigenvalue weighted by Crippen LogP contribution is -2.44. The van der Waals surface area contributed by atoms with Crippen LogP contribution in [0.3, 0.4) is 0 Å². The zero-order chi connectivity index (χ0) is 18.5. The largest absolute Gasteiger partial charge is 0.360 e. The van der Waals surface area contributed by atoms with Crippen molar-refractivity contribution >= 4 is 0 Å². The third kappa shape index (κ3) is 6.21. The van der Waals surface area contributed by atoms with Crippen molar-refractivity contribution in [3.8, 4) is 11.8 Å². The van der Waals surface area contributed by atoms with Crippen LogP contribution in [0.5, 0.6) is 0 Å². The van der Waals surface area contributed by atoms with E-state index in [9.17, 15) is 0 Å². The molecule has 25 heavy (non-hydrogen) atoms. The Kier molecular flexibility index (Phi) is 7.27. The van der Waals surface area contributed by atoms with E-state index in [0.29, 0.717) is 19.8 Å². The number of nitrogens with zero attached hydrogens (tertiary/aromatic N) is 1. The molecule has 2 aliphatic heterocycles. The van der Waals surface area contributed by atoms with Crippen molar-refractivity contribution in [1.29, 1.82) is 0 Å². The molecule has 2 unspecified atom stereocenters. The van der Waals surface area contributed by atoms with Gasteiger partial charge >= 0.3 is 0 Å². The summed E-state index contributed by atoms with van der Waals surface area (Å²) in [5.41, 5.74) is 0. The van der Waals surface area contributed by atoms with Crippen LogP contribution in [0.2, 0.25) is 0 Å². The van der Waals surface area contributed by atoms with Crippen molar-refractivity contribution in [3.63, 3.8) is 0 Å². The lowest BCUT2D eigenvalue weighted by Gasteiger charge is -2.28. The van der Waals surface area contributed by atoms with E-state index in [1.54, 1.807) is 0 Å². The van der Waals surface area contributed by atoms with E-state index in [0.717, 1.165) is 19.6 Å². The van der Waals surface area contributed by atoms with E-state index >= 15 is 0 Å². The van der Waals surface area contributed by atoms with Crippen LogP contribution in [0.4, 0.5) is 0 Å². The Morgan fingerprint density at radius 2 is 1.48 bits per heavy atom. The van der Waals surface area contributed by atoms with Gasteiger partial charge in [-0.15, -0.1) is 0 Å². The van der Waals surface area contributed by atoms with Crippen LogP contribution in [-0.2, 0) is 23.7 Å². The Labute approximate surface area is 152 Å². The lowest BCUT2D eigenvalue weighted by molar-refractivity contribution is -0.186. The molecule has 0 spiro atoms. The van der Waals surface area contributed by atoms with E-state index in [2.05, 4.69) is 30.6 Å². The molecule has 6 nitrogen and oxygen atoms in total. The van der Waals surface area contributed by atoms with Crippen molar-refractivity contribution in [2.45, 2.75) is 71.4 Å². The fraction of sp³-hybridized carbons (Fsp3) is 0.895. The topological polar surface area (TPSA) is 49.4 Å². The van der Waals surface area contributed by atoms with Crippen molar-refractivity contribution in [1.82, 2.24) is 4.90 Å². The van der Waals surface area contributed by atoms with E-state index in [-0.39, 0.29) is 18.3 Å². The Morgan fingerprint density at radius 3 is 1.88 bits per heavy atom. The van der Waals surface area contributed by atoms with E-state index in [1.165, 1.54) is 0 Å². The van der Waals surface area contributed by atoms with Gasteiger partial charge in [0.2, 0.25) is 0 Å². The molecule has 2 heterocycles. The molecule has 0 aromatic heterocycles. The molecule has 0 aliphatic carbocycles. The van der Waals surface area contributed by atoms with Gasteiger partial charge in [0.1, 0.15) is 24.9 Å². The molecule has 6 heteroatoms. The van der Waals surface area contributed by atoms with Gasteiger partial charge in [-0.3, -0.25) is 4.90 Å². The zero-order valence-electron chi connectivity index (χ0n) is 16.5. The Morgan fingerprint density at radius 1 is 0.960 bits per heavy atom. The highest BCUT2D eigenvalue weighted by atomic mass is 16.8. The van der Waals surface area contributed by atoms with Gasteiger partial charge in [-0.2, -0.15) is 0 Å². The number of ether oxygens (including phenoxy) is 5. The summed E-state index contributed by atoms with van der Waals surface area (Å²) in [5, 5.41) is 0. The zero-order valence-corrected chi connectivity index (χ0v) is 16.5. The highest BCUT2D eigenvalue weighted by molar-refractivity contribution is 5.02. The first-order chi connectivity index (χ1) is 11.8. The Bertz CT molecular complexity index is 452. The summed E-state index contributed by atoms with van der Waals surface area (Å²) >= 11 is 0. The number of hydrogen-bond donors (Lipinski definition) is 0. The Hall–Kier alpha value is -0.680. The van der Waals surface area contributed by atoms with E-state index in [4.69, 9.17) is 23.7 Å². The van der Waals surface area contributed by atoms with Gasteiger partial charge in [-0.05, 0) is 40.8 Å². The second kappa shape index (κ2) is 8.81. The van der Waals surface area contributed by atoms with Crippen molar-refractivity contribution in [2.75, 3.05) is 39.5 Å². The van der Waals surface area contributed by atoms with Crippen molar-refractivity contribution in [3.05, 3.63) is 0 Å². The maximum Gasteiger partial charge on any atom is 0.163 e. The monoisotopic (exact) mass is 355 g/mol. The van der Waals surface area contributed by atoms with Crippen LogP contribution in [0, 0.1) is 11.8 Å². The fourth-order valence-electron chi connectivity index (χ4n) is 3.01.